The van der Waals surface area contributed by atoms with Crippen molar-refractivity contribution in [3.8, 4) is 5.75 Å². The van der Waals surface area contributed by atoms with E-state index in [-0.39, 0.29) is 12.3 Å². The van der Waals surface area contributed by atoms with Gasteiger partial charge >= 0.3 is 0 Å². The Bertz CT molecular complexity index is 349. The molecule has 0 saturated heterocycles. The van der Waals surface area contributed by atoms with E-state index in [4.69, 9.17) is 10.6 Å². The van der Waals surface area contributed by atoms with E-state index in [1.807, 2.05) is 12.1 Å². The van der Waals surface area contributed by atoms with Gasteiger partial charge in [-0.1, -0.05) is 26.0 Å². The highest BCUT2D eigenvalue weighted by Gasteiger charge is 2.03. The highest BCUT2D eigenvalue weighted by molar-refractivity contribution is 5.75. The van der Waals surface area contributed by atoms with Gasteiger partial charge in [-0.3, -0.25) is 10.2 Å². The van der Waals surface area contributed by atoms with Crippen molar-refractivity contribution < 1.29 is 9.53 Å². The minimum atomic E-state index is -0.221. The fourth-order valence-electron chi connectivity index (χ4n) is 1.46. The summed E-state index contributed by atoms with van der Waals surface area (Å²) in [6.07, 6.45) is 1.39. The monoisotopic (exact) mass is 236 g/mol. The Kier molecular flexibility index (Phi) is 5.49. The van der Waals surface area contributed by atoms with Crippen LogP contribution >= 0.6 is 0 Å². The molecule has 0 saturated carbocycles. The first-order valence-corrected chi connectivity index (χ1v) is 5.89. The van der Waals surface area contributed by atoms with E-state index in [1.165, 1.54) is 5.56 Å². The summed E-state index contributed by atoms with van der Waals surface area (Å²) in [6, 6.07) is 7.99. The van der Waals surface area contributed by atoms with E-state index in [0.717, 1.165) is 12.2 Å². The zero-order chi connectivity index (χ0) is 12.7. The lowest BCUT2D eigenvalue weighted by molar-refractivity contribution is -0.121. The van der Waals surface area contributed by atoms with Crippen molar-refractivity contribution in [2.24, 2.45) is 5.84 Å². The SMILES string of the molecule is CCC(C)c1ccc(OCCC(=O)NN)cc1. The van der Waals surface area contributed by atoms with Crippen LogP contribution in [-0.2, 0) is 4.79 Å². The third-order valence-corrected chi connectivity index (χ3v) is 2.82. The Morgan fingerprint density at radius 1 is 1.41 bits per heavy atom. The number of carbonyl (C=O) groups is 1. The average molecular weight is 236 g/mol. The molecule has 1 aromatic rings. The molecule has 1 unspecified atom stereocenters. The van der Waals surface area contributed by atoms with E-state index in [1.54, 1.807) is 0 Å². The molecular formula is C13H20N2O2. The third kappa shape index (κ3) is 4.44. The molecule has 0 radical (unpaired) electrons. The highest BCUT2D eigenvalue weighted by Crippen LogP contribution is 2.21. The zero-order valence-corrected chi connectivity index (χ0v) is 10.4. The molecular weight excluding hydrogens is 216 g/mol. The van der Waals surface area contributed by atoms with Gasteiger partial charge in [-0.05, 0) is 30.0 Å². The number of hydrogen-bond acceptors (Lipinski definition) is 3. The maximum atomic E-state index is 10.9. The second-order valence-corrected chi connectivity index (χ2v) is 4.04. The summed E-state index contributed by atoms with van der Waals surface area (Å²) in [5, 5.41) is 0. The molecule has 0 spiro atoms. The summed E-state index contributed by atoms with van der Waals surface area (Å²) >= 11 is 0. The summed E-state index contributed by atoms with van der Waals surface area (Å²) < 4.78 is 5.43. The molecule has 3 N–H and O–H groups in total. The van der Waals surface area contributed by atoms with Gasteiger partial charge in [-0.25, -0.2) is 5.84 Å². The van der Waals surface area contributed by atoms with E-state index >= 15 is 0 Å². The zero-order valence-electron chi connectivity index (χ0n) is 10.4. The van der Waals surface area contributed by atoms with Crippen molar-refractivity contribution in [3.63, 3.8) is 0 Å². The van der Waals surface area contributed by atoms with Crippen LogP contribution in [0.1, 0.15) is 38.2 Å². The number of amides is 1. The van der Waals surface area contributed by atoms with Crippen LogP contribution < -0.4 is 16.0 Å². The summed E-state index contributed by atoms with van der Waals surface area (Å²) in [7, 11) is 0. The van der Waals surface area contributed by atoms with Gasteiger partial charge in [0.25, 0.3) is 0 Å². The Hall–Kier alpha value is -1.55. The molecule has 1 rings (SSSR count). The number of benzene rings is 1. The van der Waals surface area contributed by atoms with Gasteiger partial charge in [0.1, 0.15) is 5.75 Å². The topological polar surface area (TPSA) is 64.3 Å². The first-order valence-electron chi connectivity index (χ1n) is 5.89. The van der Waals surface area contributed by atoms with Gasteiger partial charge in [0.2, 0.25) is 5.91 Å². The van der Waals surface area contributed by atoms with E-state index in [9.17, 15) is 4.79 Å². The fourth-order valence-corrected chi connectivity index (χ4v) is 1.46. The number of nitrogens with one attached hydrogen (secondary N) is 1. The van der Waals surface area contributed by atoms with E-state index in [0.29, 0.717) is 12.5 Å². The standard InChI is InChI=1S/C13H20N2O2/c1-3-10(2)11-4-6-12(7-5-11)17-9-8-13(16)15-14/h4-7,10H,3,8-9,14H2,1-2H3,(H,15,16). The molecule has 4 heteroatoms. The van der Waals surface area contributed by atoms with Crippen LogP contribution in [0.4, 0.5) is 0 Å². The lowest BCUT2D eigenvalue weighted by Gasteiger charge is -2.10. The molecule has 0 aliphatic heterocycles. The molecule has 1 aromatic carbocycles. The first kappa shape index (κ1) is 13.5. The molecule has 0 fully saturated rings. The molecule has 0 bridgehead atoms. The maximum absolute atomic E-state index is 10.9. The van der Waals surface area contributed by atoms with Crippen molar-refractivity contribution in [1.29, 1.82) is 0 Å². The van der Waals surface area contributed by atoms with Crippen LogP contribution in [0.15, 0.2) is 24.3 Å². The van der Waals surface area contributed by atoms with Gasteiger partial charge in [0, 0.05) is 0 Å². The summed E-state index contributed by atoms with van der Waals surface area (Å²) in [4.78, 5) is 10.9. The predicted octanol–water partition coefficient (Wildman–Crippen LogP) is 1.96. The van der Waals surface area contributed by atoms with Crippen molar-refractivity contribution in [3.05, 3.63) is 29.8 Å². The third-order valence-electron chi connectivity index (χ3n) is 2.82. The Morgan fingerprint density at radius 3 is 2.59 bits per heavy atom. The molecule has 0 aliphatic carbocycles. The Balaban J connectivity index is 2.43. The van der Waals surface area contributed by atoms with Crippen molar-refractivity contribution in [2.45, 2.75) is 32.6 Å². The van der Waals surface area contributed by atoms with Crippen LogP contribution in [0.25, 0.3) is 0 Å². The summed E-state index contributed by atoms with van der Waals surface area (Å²) in [5.74, 6) is 6.09. The summed E-state index contributed by atoms with van der Waals surface area (Å²) in [5.41, 5.74) is 3.37. The lowest BCUT2D eigenvalue weighted by atomic mass is 9.99. The summed E-state index contributed by atoms with van der Waals surface area (Å²) in [6.45, 7) is 4.70. The smallest absolute Gasteiger partial charge is 0.237 e. The minimum Gasteiger partial charge on any atom is -0.493 e. The van der Waals surface area contributed by atoms with Gasteiger partial charge in [-0.15, -0.1) is 0 Å². The highest BCUT2D eigenvalue weighted by atomic mass is 16.5. The van der Waals surface area contributed by atoms with Crippen LogP contribution in [0.5, 0.6) is 5.75 Å². The van der Waals surface area contributed by atoms with Crippen LogP contribution in [0.3, 0.4) is 0 Å². The molecule has 1 atom stereocenters. The number of hydrogen-bond donors (Lipinski definition) is 2. The van der Waals surface area contributed by atoms with Crippen molar-refractivity contribution in [1.82, 2.24) is 5.43 Å². The van der Waals surface area contributed by atoms with Crippen LogP contribution in [0.2, 0.25) is 0 Å². The molecule has 4 nitrogen and oxygen atoms in total. The van der Waals surface area contributed by atoms with E-state index < -0.39 is 0 Å². The number of nitrogens with two attached hydrogens (primary N) is 1. The number of rotatable bonds is 6. The fraction of sp³-hybridized carbons (Fsp3) is 0.462. The minimum absolute atomic E-state index is 0.221. The molecule has 0 heterocycles. The molecule has 0 aliphatic rings. The van der Waals surface area contributed by atoms with Gasteiger partial charge in [0.05, 0.1) is 13.0 Å². The van der Waals surface area contributed by atoms with Crippen LogP contribution in [-0.4, -0.2) is 12.5 Å². The second-order valence-electron chi connectivity index (χ2n) is 4.04. The van der Waals surface area contributed by atoms with Crippen molar-refractivity contribution >= 4 is 5.91 Å². The molecule has 0 aromatic heterocycles. The number of hydrazine groups is 1. The molecule has 94 valence electrons. The second kappa shape index (κ2) is 6.91. The van der Waals surface area contributed by atoms with Gasteiger partial charge < -0.3 is 4.74 Å². The first-order chi connectivity index (χ1) is 8.17. The number of ether oxygens (including phenoxy) is 1. The average Bonchev–Trinajstić information content (AvgIpc) is 2.38. The van der Waals surface area contributed by atoms with Crippen molar-refractivity contribution in [2.75, 3.05) is 6.61 Å². The van der Waals surface area contributed by atoms with Gasteiger partial charge in [0.15, 0.2) is 0 Å². The van der Waals surface area contributed by atoms with Gasteiger partial charge in [-0.2, -0.15) is 0 Å². The maximum Gasteiger partial charge on any atom is 0.237 e. The van der Waals surface area contributed by atoms with Crippen LogP contribution in [0, 0.1) is 0 Å². The molecule has 17 heavy (non-hydrogen) atoms. The quantitative estimate of drug-likeness (QED) is 0.451. The number of carbonyl (C=O) groups excluding carboxylic acids is 1. The lowest BCUT2D eigenvalue weighted by Crippen LogP contribution is -2.31. The molecule has 1 amide bonds. The van der Waals surface area contributed by atoms with E-state index in [2.05, 4.69) is 31.4 Å². The normalized spacial score (nSPS) is 11.9. The largest absolute Gasteiger partial charge is 0.493 e. The Morgan fingerprint density at radius 2 is 2.06 bits per heavy atom. The Labute approximate surface area is 102 Å². The predicted molar refractivity (Wildman–Crippen MR) is 67.6 cm³/mol.